The summed E-state index contributed by atoms with van der Waals surface area (Å²) in [5, 5.41) is 18.1. The Bertz CT molecular complexity index is 840. The van der Waals surface area contributed by atoms with Crippen LogP contribution in [0, 0.1) is 0 Å². The summed E-state index contributed by atoms with van der Waals surface area (Å²) >= 11 is 0. The number of nitrogens with zero attached hydrogens (tertiary/aromatic N) is 2. The van der Waals surface area contributed by atoms with E-state index in [2.05, 4.69) is 10.2 Å². The maximum absolute atomic E-state index is 12.3. The van der Waals surface area contributed by atoms with Crippen molar-refractivity contribution in [1.82, 2.24) is 0 Å². The molecule has 0 heterocycles. The molecule has 1 aliphatic carbocycles. The van der Waals surface area contributed by atoms with Crippen molar-refractivity contribution >= 4 is 17.2 Å². The molecule has 0 bridgehead atoms. The highest BCUT2D eigenvalue weighted by Gasteiger charge is 2.29. The lowest BCUT2D eigenvalue weighted by molar-refractivity contribution is 0.103. The van der Waals surface area contributed by atoms with Crippen LogP contribution in [0.3, 0.4) is 0 Å². The maximum atomic E-state index is 12.3. The first kappa shape index (κ1) is 14.8. The van der Waals surface area contributed by atoms with Gasteiger partial charge < -0.3 is 14.6 Å². The fourth-order valence-corrected chi connectivity index (χ4v) is 2.31. The molecule has 0 spiro atoms. The SMILES string of the molecule is COc1ccc(/N=N/C2=C(O)c3ccccc3C2=O)c(OC)c1. The highest BCUT2D eigenvalue weighted by molar-refractivity contribution is 6.19. The number of fused-ring (bicyclic) bond motifs is 1. The molecule has 6 heteroatoms. The number of Topliss-reactive ketones (excluding diaryl/α,β-unsaturated/α-hetero) is 1. The predicted molar refractivity (Wildman–Crippen MR) is 84.4 cm³/mol. The van der Waals surface area contributed by atoms with Gasteiger partial charge in [-0.25, -0.2) is 0 Å². The first-order chi connectivity index (χ1) is 11.2. The number of rotatable bonds is 4. The number of carbonyl (C=O) groups excluding carboxylic acids is 1. The van der Waals surface area contributed by atoms with Gasteiger partial charge in [0.25, 0.3) is 0 Å². The van der Waals surface area contributed by atoms with Gasteiger partial charge in [0.2, 0.25) is 5.78 Å². The molecule has 0 unspecified atom stereocenters. The Hall–Kier alpha value is -3.15. The summed E-state index contributed by atoms with van der Waals surface area (Å²) in [5.41, 5.74) is 1.23. The number of ketones is 1. The van der Waals surface area contributed by atoms with Crippen LogP contribution in [0.4, 0.5) is 5.69 Å². The Kier molecular flexibility index (Phi) is 3.80. The van der Waals surface area contributed by atoms with Gasteiger partial charge in [-0.05, 0) is 12.1 Å². The maximum Gasteiger partial charge on any atom is 0.217 e. The normalized spacial score (nSPS) is 13.6. The molecule has 0 radical (unpaired) electrons. The molecule has 0 saturated heterocycles. The van der Waals surface area contributed by atoms with Crippen LogP contribution in [-0.2, 0) is 0 Å². The van der Waals surface area contributed by atoms with E-state index in [0.717, 1.165) is 0 Å². The summed E-state index contributed by atoms with van der Waals surface area (Å²) in [7, 11) is 3.05. The lowest BCUT2D eigenvalue weighted by atomic mass is 10.1. The van der Waals surface area contributed by atoms with Gasteiger partial charge in [0.15, 0.2) is 11.5 Å². The lowest BCUT2D eigenvalue weighted by Gasteiger charge is -2.05. The Labute approximate surface area is 132 Å². The molecule has 0 aromatic heterocycles. The van der Waals surface area contributed by atoms with Crippen LogP contribution in [0.1, 0.15) is 15.9 Å². The van der Waals surface area contributed by atoms with Crippen LogP contribution in [0.2, 0.25) is 0 Å². The van der Waals surface area contributed by atoms with Crippen molar-refractivity contribution in [1.29, 1.82) is 0 Å². The second kappa shape index (κ2) is 5.92. The number of azo groups is 1. The first-order valence-electron chi connectivity index (χ1n) is 6.87. The molecule has 3 rings (SSSR count). The number of methoxy groups -OCH3 is 2. The Balaban J connectivity index is 1.96. The number of aliphatic hydroxyl groups is 1. The molecule has 23 heavy (non-hydrogen) atoms. The Morgan fingerprint density at radius 3 is 2.35 bits per heavy atom. The van der Waals surface area contributed by atoms with E-state index in [1.165, 1.54) is 7.11 Å². The van der Waals surface area contributed by atoms with Crippen LogP contribution in [-0.4, -0.2) is 25.1 Å². The zero-order valence-electron chi connectivity index (χ0n) is 12.6. The van der Waals surface area contributed by atoms with E-state index in [9.17, 15) is 9.90 Å². The monoisotopic (exact) mass is 310 g/mol. The van der Waals surface area contributed by atoms with Crippen molar-refractivity contribution in [3.05, 3.63) is 59.3 Å². The van der Waals surface area contributed by atoms with E-state index in [4.69, 9.17) is 9.47 Å². The summed E-state index contributed by atoms with van der Waals surface area (Å²) in [6, 6.07) is 11.8. The van der Waals surface area contributed by atoms with Gasteiger partial charge in [-0.15, -0.1) is 10.2 Å². The van der Waals surface area contributed by atoms with Crippen molar-refractivity contribution in [2.45, 2.75) is 0 Å². The Morgan fingerprint density at radius 1 is 0.957 bits per heavy atom. The second-order valence-electron chi connectivity index (χ2n) is 4.81. The molecule has 0 fully saturated rings. The molecule has 0 saturated carbocycles. The molecular weight excluding hydrogens is 296 g/mol. The number of hydrogen-bond donors (Lipinski definition) is 1. The molecule has 1 N–H and O–H groups in total. The summed E-state index contributed by atoms with van der Waals surface area (Å²) < 4.78 is 10.3. The zero-order chi connectivity index (χ0) is 16.4. The summed E-state index contributed by atoms with van der Waals surface area (Å²) in [6.07, 6.45) is 0. The average molecular weight is 310 g/mol. The topological polar surface area (TPSA) is 80.5 Å². The molecule has 6 nitrogen and oxygen atoms in total. The Morgan fingerprint density at radius 2 is 1.70 bits per heavy atom. The summed E-state index contributed by atoms with van der Waals surface area (Å²) in [5.74, 6) is 0.555. The average Bonchev–Trinajstić information content (AvgIpc) is 2.84. The van der Waals surface area contributed by atoms with Gasteiger partial charge in [-0.1, -0.05) is 24.3 Å². The summed E-state index contributed by atoms with van der Waals surface area (Å²) in [6.45, 7) is 0. The third-order valence-corrected chi connectivity index (χ3v) is 3.51. The summed E-state index contributed by atoms with van der Waals surface area (Å²) in [4.78, 5) is 12.3. The predicted octanol–water partition coefficient (Wildman–Crippen LogP) is 3.91. The minimum absolute atomic E-state index is 0.0796. The number of aliphatic hydroxyl groups excluding tert-OH is 1. The third kappa shape index (κ3) is 2.55. The largest absolute Gasteiger partial charge is 0.505 e. The third-order valence-electron chi connectivity index (χ3n) is 3.51. The van der Waals surface area contributed by atoms with E-state index in [1.54, 1.807) is 49.6 Å². The molecule has 1 aliphatic rings. The van der Waals surface area contributed by atoms with E-state index in [-0.39, 0.29) is 17.2 Å². The minimum atomic E-state index is -0.352. The smallest absolute Gasteiger partial charge is 0.217 e. The van der Waals surface area contributed by atoms with Crippen molar-refractivity contribution in [2.24, 2.45) is 10.2 Å². The fraction of sp³-hybridized carbons (Fsp3) is 0.118. The van der Waals surface area contributed by atoms with Crippen LogP contribution in [0.25, 0.3) is 5.76 Å². The van der Waals surface area contributed by atoms with Gasteiger partial charge in [0.1, 0.15) is 17.2 Å². The van der Waals surface area contributed by atoms with Crippen LogP contribution in [0.15, 0.2) is 58.4 Å². The number of ether oxygens (including phenoxy) is 2. The van der Waals surface area contributed by atoms with E-state index in [0.29, 0.717) is 28.3 Å². The molecular formula is C17H14N2O4. The van der Waals surface area contributed by atoms with Crippen molar-refractivity contribution < 1.29 is 19.4 Å². The highest BCUT2D eigenvalue weighted by Crippen LogP contribution is 2.35. The van der Waals surface area contributed by atoms with E-state index in [1.807, 2.05) is 0 Å². The zero-order valence-corrected chi connectivity index (χ0v) is 12.6. The molecule has 0 aliphatic heterocycles. The van der Waals surface area contributed by atoms with E-state index < -0.39 is 0 Å². The molecule has 116 valence electrons. The molecule has 2 aromatic rings. The van der Waals surface area contributed by atoms with Gasteiger partial charge in [0.05, 0.1) is 14.2 Å². The first-order valence-corrected chi connectivity index (χ1v) is 6.87. The molecule has 2 aromatic carbocycles. The van der Waals surface area contributed by atoms with Gasteiger partial charge >= 0.3 is 0 Å². The van der Waals surface area contributed by atoms with Crippen LogP contribution < -0.4 is 9.47 Å². The number of benzene rings is 2. The quantitative estimate of drug-likeness (QED) is 0.868. The minimum Gasteiger partial charge on any atom is -0.505 e. The lowest BCUT2D eigenvalue weighted by Crippen LogP contribution is -1.95. The van der Waals surface area contributed by atoms with Crippen molar-refractivity contribution in [2.75, 3.05) is 14.2 Å². The number of carbonyl (C=O) groups is 1. The van der Waals surface area contributed by atoms with Gasteiger partial charge in [-0.2, -0.15) is 0 Å². The second-order valence-corrected chi connectivity index (χ2v) is 4.81. The fourth-order valence-electron chi connectivity index (χ4n) is 2.31. The van der Waals surface area contributed by atoms with Crippen LogP contribution in [0.5, 0.6) is 11.5 Å². The number of allylic oxidation sites excluding steroid dienone is 1. The van der Waals surface area contributed by atoms with Crippen molar-refractivity contribution in [3.8, 4) is 11.5 Å². The van der Waals surface area contributed by atoms with Gasteiger partial charge in [0, 0.05) is 17.2 Å². The molecule has 0 atom stereocenters. The molecule has 0 amide bonds. The van der Waals surface area contributed by atoms with Crippen LogP contribution >= 0.6 is 0 Å². The van der Waals surface area contributed by atoms with E-state index >= 15 is 0 Å². The highest BCUT2D eigenvalue weighted by atomic mass is 16.5. The standard InChI is InChI=1S/C17H14N2O4/c1-22-10-7-8-13(14(9-10)23-2)18-19-15-16(20)11-5-3-4-6-12(11)17(15)21/h3-9,20H,1-2H3/b19-18+. The number of hydrogen-bond acceptors (Lipinski definition) is 6. The van der Waals surface area contributed by atoms with Gasteiger partial charge in [-0.3, -0.25) is 4.79 Å². The van der Waals surface area contributed by atoms with Crippen molar-refractivity contribution in [3.63, 3.8) is 0 Å².